The van der Waals surface area contributed by atoms with E-state index in [0.29, 0.717) is 5.84 Å². The second kappa shape index (κ2) is 11.1. The number of aromatic nitrogens is 2. The van der Waals surface area contributed by atoms with Crippen LogP contribution in [-0.4, -0.2) is 15.1 Å². The monoisotopic (exact) mass is 645 g/mol. The van der Waals surface area contributed by atoms with Gasteiger partial charge in [-0.1, -0.05) is 121 Å². The van der Waals surface area contributed by atoms with Gasteiger partial charge in [0.2, 0.25) is 0 Å². The molecule has 3 aromatic heterocycles. The smallest absolute Gasteiger partial charge is 0.161 e. The molecule has 0 aliphatic carbocycles. The summed E-state index contributed by atoms with van der Waals surface area (Å²) in [6.45, 7) is 0. The Morgan fingerprint density at radius 3 is 1.86 bits per heavy atom. The summed E-state index contributed by atoms with van der Waals surface area (Å²) in [7, 11) is 0. The highest BCUT2D eigenvalue weighted by Gasteiger charge is 2.23. The van der Waals surface area contributed by atoms with Gasteiger partial charge in [-0.2, -0.15) is 0 Å². The lowest BCUT2D eigenvalue weighted by atomic mass is 10.0. The summed E-state index contributed by atoms with van der Waals surface area (Å²) < 4.78 is 10.9. The minimum Gasteiger partial charge on any atom is -0.456 e. The molecule has 238 valence electrons. The van der Waals surface area contributed by atoms with Crippen LogP contribution in [0.25, 0.3) is 71.2 Å². The lowest BCUT2D eigenvalue weighted by molar-refractivity contribution is 0.667. The maximum atomic E-state index is 6.79. The van der Waals surface area contributed by atoms with Crippen LogP contribution in [0.2, 0.25) is 0 Å². The number of benzene rings is 7. The van der Waals surface area contributed by atoms with Crippen molar-refractivity contribution in [3.63, 3.8) is 0 Å². The number of nitrogens with two attached hydrogens (primary N) is 1. The van der Waals surface area contributed by atoms with Crippen molar-refractivity contribution in [1.82, 2.24) is 9.24 Å². The molecule has 7 aromatic carbocycles. The summed E-state index contributed by atoms with van der Waals surface area (Å²) in [5.41, 5.74) is 19.6. The molecule has 10 rings (SSSR count). The lowest BCUT2D eigenvalue weighted by Gasteiger charge is -2.21. The fraction of sp³-hybridized carbons (Fsp3) is 0.0227. The molecular weight excluding hydrogens is 615 g/mol. The third-order valence-electron chi connectivity index (χ3n) is 9.82. The largest absolute Gasteiger partial charge is 0.456 e. The Kier molecular flexibility index (Phi) is 6.29. The van der Waals surface area contributed by atoms with Crippen molar-refractivity contribution in [2.24, 2.45) is 10.7 Å². The minimum atomic E-state index is -0.559. The Hall–Kier alpha value is -6.79. The Balaban J connectivity index is 1.24. The van der Waals surface area contributed by atoms with Gasteiger partial charge in [-0.15, -0.1) is 0 Å². The molecule has 0 radical (unpaired) electrons. The van der Waals surface area contributed by atoms with Gasteiger partial charge in [0.05, 0.1) is 27.8 Å². The Bertz CT molecular complexity index is 2880. The Labute approximate surface area is 287 Å². The van der Waals surface area contributed by atoms with Gasteiger partial charge in [-0.3, -0.25) is 10.1 Å². The summed E-state index contributed by atoms with van der Waals surface area (Å²) in [6, 6.07) is 56.6. The molecule has 0 bridgehead atoms. The molecule has 0 amide bonds. The first-order valence-electron chi connectivity index (χ1n) is 16.8. The van der Waals surface area contributed by atoms with Crippen LogP contribution in [0.1, 0.15) is 17.3 Å². The predicted molar refractivity (Wildman–Crippen MR) is 207 cm³/mol. The van der Waals surface area contributed by atoms with E-state index < -0.39 is 6.17 Å². The SMILES string of the molecule is N/C(=N\C(Nn1c2ccccc2c2c(-n3c4ccccc4c4ccccc43)cccc21)c1cccc2oc3ccccc3c12)c1ccccc1. The molecule has 0 fully saturated rings. The number of fused-ring (bicyclic) bond motifs is 9. The van der Waals surface area contributed by atoms with Crippen LogP contribution >= 0.6 is 0 Å². The van der Waals surface area contributed by atoms with Crippen LogP contribution in [0.5, 0.6) is 0 Å². The van der Waals surface area contributed by atoms with Crippen molar-refractivity contribution in [2.45, 2.75) is 6.17 Å². The average molecular weight is 646 g/mol. The van der Waals surface area contributed by atoms with Crippen LogP contribution in [-0.2, 0) is 0 Å². The number of furan rings is 1. The standard InChI is InChI=1S/C44H31N5O/c45-43(28-14-2-1-3-15-28)46-44(33-20-12-27-40-41(33)32-19-7-11-26-39(32)50-40)47-49-36-23-10-6-18-31(36)42-37(24-13-25-38(42)49)48-34-21-8-4-16-29(34)30-17-5-9-22-35(30)48/h1-27,44,47H,(H2,45,46). The van der Waals surface area contributed by atoms with Crippen molar-refractivity contribution < 1.29 is 4.42 Å². The topological polar surface area (TPSA) is 73.4 Å². The van der Waals surface area contributed by atoms with E-state index in [1.165, 1.54) is 21.8 Å². The molecule has 0 saturated heterocycles. The Morgan fingerprint density at radius 1 is 0.520 bits per heavy atom. The lowest BCUT2D eigenvalue weighted by Crippen LogP contribution is -2.24. The van der Waals surface area contributed by atoms with E-state index >= 15 is 0 Å². The number of nitrogens with zero attached hydrogens (tertiary/aromatic N) is 3. The molecule has 6 heteroatoms. The van der Waals surface area contributed by atoms with Crippen LogP contribution in [0, 0.1) is 0 Å². The van der Waals surface area contributed by atoms with E-state index in [2.05, 4.69) is 118 Å². The first-order valence-corrected chi connectivity index (χ1v) is 16.8. The zero-order chi connectivity index (χ0) is 33.2. The van der Waals surface area contributed by atoms with E-state index in [1.807, 2.05) is 60.7 Å². The molecule has 50 heavy (non-hydrogen) atoms. The highest BCUT2D eigenvalue weighted by Crippen LogP contribution is 2.40. The number of rotatable bonds is 6. The van der Waals surface area contributed by atoms with E-state index in [1.54, 1.807) is 0 Å². The maximum absolute atomic E-state index is 6.79. The highest BCUT2D eigenvalue weighted by molar-refractivity contribution is 6.16. The summed E-state index contributed by atoms with van der Waals surface area (Å²) in [6.07, 6.45) is -0.559. The molecule has 0 spiro atoms. The van der Waals surface area contributed by atoms with Gasteiger partial charge in [0.1, 0.15) is 17.0 Å². The van der Waals surface area contributed by atoms with Crippen molar-refractivity contribution in [1.29, 1.82) is 0 Å². The summed E-state index contributed by atoms with van der Waals surface area (Å²) in [5, 5.41) is 6.79. The average Bonchev–Trinajstić information content (AvgIpc) is 3.83. The molecular formula is C44H31N5O. The van der Waals surface area contributed by atoms with Crippen LogP contribution in [0.15, 0.2) is 173 Å². The first kappa shape index (κ1) is 28.2. The second-order valence-electron chi connectivity index (χ2n) is 12.6. The van der Waals surface area contributed by atoms with Gasteiger partial charge in [-0.25, -0.2) is 4.99 Å². The minimum absolute atomic E-state index is 0.444. The summed E-state index contributed by atoms with van der Waals surface area (Å²) in [5.74, 6) is 0.444. The third-order valence-corrected chi connectivity index (χ3v) is 9.82. The van der Waals surface area contributed by atoms with E-state index in [9.17, 15) is 0 Å². The van der Waals surface area contributed by atoms with Gasteiger partial charge in [0.15, 0.2) is 6.17 Å². The number of hydrogen-bond donors (Lipinski definition) is 2. The maximum Gasteiger partial charge on any atom is 0.161 e. The predicted octanol–water partition coefficient (Wildman–Crippen LogP) is 10.4. The molecule has 1 unspecified atom stereocenters. The van der Waals surface area contributed by atoms with E-state index in [4.69, 9.17) is 15.1 Å². The third kappa shape index (κ3) is 4.25. The fourth-order valence-corrected chi connectivity index (χ4v) is 7.65. The first-order chi connectivity index (χ1) is 24.7. The van der Waals surface area contributed by atoms with Crippen molar-refractivity contribution in [3.05, 3.63) is 175 Å². The van der Waals surface area contributed by atoms with Crippen LogP contribution in [0.4, 0.5) is 0 Å². The normalized spacial score (nSPS) is 12.9. The zero-order valence-electron chi connectivity index (χ0n) is 27.0. The molecule has 0 saturated carbocycles. The van der Waals surface area contributed by atoms with Crippen LogP contribution < -0.4 is 11.2 Å². The highest BCUT2D eigenvalue weighted by atomic mass is 16.3. The second-order valence-corrected chi connectivity index (χ2v) is 12.6. The molecule has 3 heterocycles. The van der Waals surface area contributed by atoms with Gasteiger partial charge in [0, 0.05) is 43.4 Å². The van der Waals surface area contributed by atoms with Crippen LogP contribution in [0.3, 0.4) is 0 Å². The number of hydrogen-bond acceptors (Lipinski definition) is 3. The van der Waals surface area contributed by atoms with Gasteiger partial charge >= 0.3 is 0 Å². The molecule has 0 aliphatic heterocycles. The number of nitrogens with one attached hydrogen (secondary N) is 1. The summed E-state index contributed by atoms with van der Waals surface area (Å²) >= 11 is 0. The molecule has 3 N–H and O–H groups in total. The zero-order valence-corrected chi connectivity index (χ0v) is 27.0. The van der Waals surface area contributed by atoms with Crippen molar-refractivity contribution in [3.8, 4) is 5.69 Å². The van der Waals surface area contributed by atoms with Gasteiger partial charge in [0.25, 0.3) is 0 Å². The fourth-order valence-electron chi connectivity index (χ4n) is 7.65. The molecule has 1 atom stereocenters. The number of aliphatic imine (C=N–C) groups is 1. The molecule has 10 aromatic rings. The quantitative estimate of drug-likeness (QED) is 0.140. The molecule has 0 aliphatic rings. The van der Waals surface area contributed by atoms with Crippen molar-refractivity contribution >= 4 is 71.4 Å². The molecule has 6 nitrogen and oxygen atoms in total. The number of para-hydroxylation sites is 4. The number of amidine groups is 1. The van der Waals surface area contributed by atoms with E-state index in [0.717, 1.165) is 60.6 Å². The van der Waals surface area contributed by atoms with Gasteiger partial charge < -0.3 is 14.7 Å². The van der Waals surface area contributed by atoms with Crippen molar-refractivity contribution in [2.75, 3.05) is 5.43 Å². The van der Waals surface area contributed by atoms with Gasteiger partial charge in [-0.05, 0) is 42.5 Å². The summed E-state index contributed by atoms with van der Waals surface area (Å²) in [4.78, 5) is 5.21. The van der Waals surface area contributed by atoms with E-state index in [-0.39, 0.29) is 0 Å². The Morgan fingerprint density at radius 2 is 1.10 bits per heavy atom.